The van der Waals surface area contributed by atoms with Gasteiger partial charge in [0.25, 0.3) is 5.56 Å². The SMILES string of the molecule is CCc1ccccc1NCc1cc2cc(C)c(C)cc2[nH]c1=O. The summed E-state index contributed by atoms with van der Waals surface area (Å²) in [5.41, 5.74) is 6.41. The van der Waals surface area contributed by atoms with Gasteiger partial charge in [-0.15, -0.1) is 0 Å². The molecule has 0 unspecified atom stereocenters. The Kier molecular flexibility index (Phi) is 4.20. The van der Waals surface area contributed by atoms with E-state index in [4.69, 9.17) is 0 Å². The number of hydrogen-bond donors (Lipinski definition) is 2. The first-order valence-electron chi connectivity index (χ1n) is 8.03. The zero-order valence-electron chi connectivity index (χ0n) is 13.9. The summed E-state index contributed by atoms with van der Waals surface area (Å²) >= 11 is 0. The van der Waals surface area contributed by atoms with Gasteiger partial charge in [-0.05, 0) is 66.6 Å². The van der Waals surface area contributed by atoms with E-state index in [9.17, 15) is 4.79 Å². The topological polar surface area (TPSA) is 44.9 Å². The fourth-order valence-corrected chi connectivity index (χ4v) is 2.84. The molecule has 0 aliphatic carbocycles. The molecule has 2 aromatic carbocycles. The molecule has 0 fully saturated rings. The maximum absolute atomic E-state index is 12.3. The van der Waals surface area contributed by atoms with E-state index < -0.39 is 0 Å². The Balaban J connectivity index is 1.92. The lowest BCUT2D eigenvalue weighted by Crippen LogP contribution is -2.16. The van der Waals surface area contributed by atoms with Gasteiger partial charge in [0.1, 0.15) is 0 Å². The van der Waals surface area contributed by atoms with Crippen LogP contribution >= 0.6 is 0 Å². The molecule has 0 aliphatic rings. The molecule has 118 valence electrons. The number of rotatable bonds is 4. The summed E-state index contributed by atoms with van der Waals surface area (Å²) in [4.78, 5) is 15.3. The van der Waals surface area contributed by atoms with Gasteiger partial charge in [-0.25, -0.2) is 0 Å². The van der Waals surface area contributed by atoms with E-state index in [0.29, 0.717) is 6.54 Å². The van der Waals surface area contributed by atoms with Crippen LogP contribution in [0.25, 0.3) is 10.9 Å². The fourth-order valence-electron chi connectivity index (χ4n) is 2.84. The molecular weight excluding hydrogens is 284 g/mol. The minimum absolute atomic E-state index is 0.0257. The smallest absolute Gasteiger partial charge is 0.253 e. The van der Waals surface area contributed by atoms with Crippen LogP contribution in [-0.4, -0.2) is 4.98 Å². The Morgan fingerprint density at radius 2 is 1.74 bits per heavy atom. The van der Waals surface area contributed by atoms with Crippen molar-refractivity contribution in [1.29, 1.82) is 0 Å². The van der Waals surface area contributed by atoms with Crippen LogP contribution in [0.1, 0.15) is 29.2 Å². The number of aromatic nitrogens is 1. The lowest BCUT2D eigenvalue weighted by Gasteiger charge is -2.11. The van der Waals surface area contributed by atoms with Crippen LogP contribution in [0, 0.1) is 13.8 Å². The van der Waals surface area contributed by atoms with Crippen molar-refractivity contribution < 1.29 is 0 Å². The molecule has 0 amide bonds. The first-order chi connectivity index (χ1) is 11.1. The second kappa shape index (κ2) is 6.29. The molecule has 0 spiro atoms. The minimum atomic E-state index is -0.0257. The van der Waals surface area contributed by atoms with Gasteiger partial charge >= 0.3 is 0 Å². The average molecular weight is 306 g/mol. The minimum Gasteiger partial charge on any atom is -0.381 e. The summed E-state index contributed by atoms with van der Waals surface area (Å²) in [5, 5.41) is 4.47. The number of hydrogen-bond acceptors (Lipinski definition) is 2. The van der Waals surface area contributed by atoms with E-state index in [1.165, 1.54) is 16.7 Å². The van der Waals surface area contributed by atoms with Crippen molar-refractivity contribution >= 4 is 16.6 Å². The Morgan fingerprint density at radius 1 is 1.00 bits per heavy atom. The summed E-state index contributed by atoms with van der Waals surface area (Å²) < 4.78 is 0. The number of para-hydroxylation sites is 1. The maximum atomic E-state index is 12.3. The normalized spacial score (nSPS) is 10.9. The third-order valence-corrected chi connectivity index (χ3v) is 4.40. The number of fused-ring (bicyclic) bond motifs is 1. The van der Waals surface area contributed by atoms with Gasteiger partial charge in [-0.1, -0.05) is 25.1 Å². The van der Waals surface area contributed by atoms with Crippen molar-refractivity contribution in [1.82, 2.24) is 4.98 Å². The van der Waals surface area contributed by atoms with E-state index in [1.54, 1.807) is 0 Å². The van der Waals surface area contributed by atoms with E-state index in [2.05, 4.69) is 49.3 Å². The fraction of sp³-hybridized carbons (Fsp3) is 0.250. The summed E-state index contributed by atoms with van der Waals surface area (Å²) in [7, 11) is 0. The monoisotopic (exact) mass is 306 g/mol. The number of H-pyrrole nitrogens is 1. The molecule has 1 aromatic heterocycles. The first-order valence-corrected chi connectivity index (χ1v) is 8.03. The molecule has 3 aromatic rings. The molecular formula is C20H22N2O. The zero-order valence-corrected chi connectivity index (χ0v) is 13.9. The summed E-state index contributed by atoms with van der Waals surface area (Å²) in [6, 6.07) is 14.4. The molecule has 0 saturated carbocycles. The van der Waals surface area contributed by atoms with Crippen molar-refractivity contribution in [2.45, 2.75) is 33.7 Å². The Bertz CT molecular complexity index is 909. The molecule has 1 heterocycles. The van der Waals surface area contributed by atoms with Crippen LogP contribution in [0.5, 0.6) is 0 Å². The second-order valence-electron chi connectivity index (χ2n) is 6.01. The standard InChI is InChI=1S/C20H22N2O/c1-4-15-7-5-6-8-18(15)21-12-17-11-16-9-13(2)14(3)10-19(16)22-20(17)23/h5-11,21H,4,12H2,1-3H3,(H,22,23). The molecule has 0 atom stereocenters. The summed E-state index contributed by atoms with van der Waals surface area (Å²) in [5.74, 6) is 0. The van der Waals surface area contributed by atoms with Crippen molar-refractivity contribution in [2.75, 3.05) is 5.32 Å². The van der Waals surface area contributed by atoms with E-state index in [1.807, 2.05) is 24.3 Å². The van der Waals surface area contributed by atoms with Crippen LogP contribution < -0.4 is 10.9 Å². The average Bonchev–Trinajstić information content (AvgIpc) is 2.55. The predicted octanol–water partition coefficient (Wildman–Crippen LogP) is 4.32. The van der Waals surface area contributed by atoms with Crippen molar-refractivity contribution in [3.8, 4) is 0 Å². The number of nitrogens with one attached hydrogen (secondary N) is 2. The molecule has 0 aliphatic heterocycles. The quantitative estimate of drug-likeness (QED) is 0.754. The molecule has 3 nitrogen and oxygen atoms in total. The van der Waals surface area contributed by atoms with Crippen molar-refractivity contribution in [3.05, 3.63) is 75.1 Å². The zero-order chi connectivity index (χ0) is 16.4. The van der Waals surface area contributed by atoms with E-state index >= 15 is 0 Å². The molecule has 2 N–H and O–H groups in total. The molecule has 3 heteroatoms. The Labute approximate surface area is 136 Å². The van der Waals surface area contributed by atoms with Gasteiger partial charge in [0.15, 0.2) is 0 Å². The van der Waals surface area contributed by atoms with E-state index in [0.717, 1.165) is 28.6 Å². The Hall–Kier alpha value is -2.55. The van der Waals surface area contributed by atoms with Gasteiger partial charge in [0.2, 0.25) is 0 Å². The number of anilines is 1. The third-order valence-electron chi connectivity index (χ3n) is 4.40. The Morgan fingerprint density at radius 3 is 2.52 bits per heavy atom. The van der Waals surface area contributed by atoms with Crippen LogP contribution in [-0.2, 0) is 13.0 Å². The molecule has 0 bridgehead atoms. The van der Waals surface area contributed by atoms with Gasteiger partial charge < -0.3 is 10.3 Å². The summed E-state index contributed by atoms with van der Waals surface area (Å²) in [6.07, 6.45) is 0.968. The third kappa shape index (κ3) is 3.14. The van der Waals surface area contributed by atoms with Crippen molar-refractivity contribution in [2.24, 2.45) is 0 Å². The molecule has 3 rings (SSSR count). The van der Waals surface area contributed by atoms with E-state index in [-0.39, 0.29) is 5.56 Å². The highest BCUT2D eigenvalue weighted by Gasteiger charge is 2.06. The van der Waals surface area contributed by atoms with Gasteiger partial charge in [0, 0.05) is 23.3 Å². The first kappa shape index (κ1) is 15.3. The van der Waals surface area contributed by atoms with Gasteiger partial charge in [-0.2, -0.15) is 0 Å². The lowest BCUT2D eigenvalue weighted by molar-refractivity contribution is 1.06. The molecule has 23 heavy (non-hydrogen) atoms. The van der Waals surface area contributed by atoms with Gasteiger partial charge in [-0.3, -0.25) is 4.79 Å². The summed E-state index contributed by atoms with van der Waals surface area (Å²) in [6.45, 7) is 6.81. The number of aryl methyl sites for hydroxylation is 3. The maximum Gasteiger partial charge on any atom is 0.253 e. The van der Waals surface area contributed by atoms with Crippen LogP contribution in [0.3, 0.4) is 0 Å². The largest absolute Gasteiger partial charge is 0.381 e. The predicted molar refractivity (Wildman–Crippen MR) is 97.2 cm³/mol. The number of pyridine rings is 1. The molecule has 0 saturated heterocycles. The van der Waals surface area contributed by atoms with Crippen LogP contribution in [0.15, 0.2) is 47.3 Å². The number of benzene rings is 2. The highest BCUT2D eigenvalue weighted by Crippen LogP contribution is 2.19. The van der Waals surface area contributed by atoms with Crippen LogP contribution in [0.2, 0.25) is 0 Å². The number of aromatic amines is 1. The van der Waals surface area contributed by atoms with Crippen LogP contribution in [0.4, 0.5) is 5.69 Å². The molecule has 0 radical (unpaired) electrons. The van der Waals surface area contributed by atoms with Crippen molar-refractivity contribution in [3.63, 3.8) is 0 Å². The highest BCUT2D eigenvalue weighted by molar-refractivity contribution is 5.80. The second-order valence-corrected chi connectivity index (χ2v) is 6.01. The lowest BCUT2D eigenvalue weighted by atomic mass is 10.0. The van der Waals surface area contributed by atoms with Gasteiger partial charge in [0.05, 0.1) is 0 Å². The highest BCUT2D eigenvalue weighted by atomic mass is 16.1.